The van der Waals surface area contributed by atoms with E-state index in [0.29, 0.717) is 35.5 Å². The fourth-order valence-corrected chi connectivity index (χ4v) is 4.25. The van der Waals surface area contributed by atoms with Gasteiger partial charge in [0.15, 0.2) is 0 Å². The summed E-state index contributed by atoms with van der Waals surface area (Å²) < 4.78 is 16.2. The first kappa shape index (κ1) is 19.7. The molecule has 0 unspecified atom stereocenters. The zero-order chi connectivity index (χ0) is 19.1. The zero-order valence-corrected chi connectivity index (χ0v) is 16.7. The van der Waals surface area contributed by atoms with Crippen molar-refractivity contribution in [3.8, 4) is 0 Å². The molecule has 2 aliphatic rings. The molecule has 1 N–H and O–H groups in total. The summed E-state index contributed by atoms with van der Waals surface area (Å²) in [5.74, 6) is 1.74. The van der Waals surface area contributed by atoms with Gasteiger partial charge in [0.2, 0.25) is 0 Å². The van der Waals surface area contributed by atoms with Gasteiger partial charge in [0.1, 0.15) is 17.5 Å². The van der Waals surface area contributed by atoms with Gasteiger partial charge in [-0.3, -0.25) is 9.78 Å². The van der Waals surface area contributed by atoms with Crippen LogP contribution in [-0.2, 0) is 13.1 Å². The van der Waals surface area contributed by atoms with Crippen molar-refractivity contribution >= 4 is 29.2 Å². The molecule has 1 fully saturated rings. The van der Waals surface area contributed by atoms with E-state index in [9.17, 15) is 9.18 Å². The number of aromatic nitrogens is 4. The number of rotatable bonds is 2. The summed E-state index contributed by atoms with van der Waals surface area (Å²) in [5.41, 5.74) is 0.884. The van der Waals surface area contributed by atoms with Crippen LogP contribution >= 0.6 is 12.4 Å². The zero-order valence-electron chi connectivity index (χ0n) is 15.8. The Labute approximate surface area is 173 Å². The van der Waals surface area contributed by atoms with Crippen LogP contribution in [0.15, 0.2) is 30.5 Å². The summed E-state index contributed by atoms with van der Waals surface area (Å²) in [4.78, 5) is 19.2. The number of nitrogens with zero attached hydrogens (tertiary/aromatic N) is 5. The van der Waals surface area contributed by atoms with Crippen molar-refractivity contribution in [3.05, 3.63) is 53.5 Å². The number of nitrogens with one attached hydrogen (secondary N) is 1. The average Bonchev–Trinajstić information content (AvgIpc) is 3.17. The molecule has 152 valence electrons. The molecular weight excluding hydrogens is 395 g/mol. The molecule has 1 saturated heterocycles. The van der Waals surface area contributed by atoms with Crippen molar-refractivity contribution in [3.63, 3.8) is 0 Å². The Bertz CT molecular complexity index is 1050. The quantitative estimate of drug-likeness (QED) is 0.694. The number of benzene rings is 1. The van der Waals surface area contributed by atoms with E-state index >= 15 is 0 Å². The summed E-state index contributed by atoms with van der Waals surface area (Å²) in [6.07, 6.45) is 3.29. The van der Waals surface area contributed by atoms with E-state index in [-0.39, 0.29) is 18.3 Å². The topological polar surface area (TPSA) is 75.9 Å². The Morgan fingerprint density at radius 2 is 2.00 bits per heavy atom. The number of amides is 1. The highest BCUT2D eigenvalue weighted by Crippen LogP contribution is 2.29. The average molecular weight is 417 g/mol. The number of carbonyl (C=O) groups excluding carboxylic acids is 1. The minimum Gasteiger partial charge on any atom is -0.339 e. The van der Waals surface area contributed by atoms with Crippen molar-refractivity contribution in [2.45, 2.75) is 31.8 Å². The van der Waals surface area contributed by atoms with Crippen molar-refractivity contribution in [2.75, 3.05) is 19.6 Å². The van der Waals surface area contributed by atoms with Gasteiger partial charge in [-0.05, 0) is 31.0 Å². The first-order valence-electron chi connectivity index (χ1n) is 9.67. The van der Waals surface area contributed by atoms with E-state index < -0.39 is 5.82 Å². The van der Waals surface area contributed by atoms with E-state index in [1.807, 2.05) is 0 Å². The molecule has 2 aliphatic heterocycles. The fraction of sp³-hybridized carbons (Fsp3) is 0.400. The van der Waals surface area contributed by atoms with E-state index in [2.05, 4.69) is 25.1 Å². The number of hydrogen-bond donors (Lipinski definition) is 1. The molecule has 29 heavy (non-hydrogen) atoms. The van der Waals surface area contributed by atoms with E-state index in [0.717, 1.165) is 44.1 Å². The lowest BCUT2D eigenvalue weighted by Crippen LogP contribution is -2.39. The van der Waals surface area contributed by atoms with E-state index in [1.54, 1.807) is 23.2 Å². The minimum atomic E-state index is -0.414. The second kappa shape index (κ2) is 8.04. The lowest BCUT2D eigenvalue weighted by Gasteiger charge is -2.32. The smallest absolute Gasteiger partial charge is 0.256 e. The molecule has 7 nitrogen and oxygen atoms in total. The van der Waals surface area contributed by atoms with Gasteiger partial charge in [-0.15, -0.1) is 22.6 Å². The Morgan fingerprint density at radius 1 is 1.17 bits per heavy atom. The van der Waals surface area contributed by atoms with Crippen molar-refractivity contribution in [1.82, 2.24) is 30.0 Å². The monoisotopic (exact) mass is 416 g/mol. The molecular formula is C20H22ClFN6O. The number of halogens is 2. The van der Waals surface area contributed by atoms with Gasteiger partial charge in [0, 0.05) is 43.7 Å². The molecule has 0 atom stereocenters. The normalized spacial score (nSPS) is 17.1. The summed E-state index contributed by atoms with van der Waals surface area (Å²) in [7, 11) is 0. The van der Waals surface area contributed by atoms with Crippen LogP contribution in [0.5, 0.6) is 0 Å². The van der Waals surface area contributed by atoms with Crippen LogP contribution in [0.2, 0.25) is 0 Å². The Morgan fingerprint density at radius 3 is 2.83 bits per heavy atom. The molecule has 3 aromatic rings. The van der Waals surface area contributed by atoms with Crippen LogP contribution in [0.1, 0.15) is 40.8 Å². The predicted molar refractivity (Wildman–Crippen MR) is 109 cm³/mol. The van der Waals surface area contributed by atoms with Crippen molar-refractivity contribution in [2.24, 2.45) is 0 Å². The summed E-state index contributed by atoms with van der Waals surface area (Å²) in [6.45, 7) is 3.81. The van der Waals surface area contributed by atoms with E-state index in [1.165, 1.54) is 12.1 Å². The van der Waals surface area contributed by atoms with Crippen LogP contribution < -0.4 is 5.32 Å². The second-order valence-corrected chi connectivity index (χ2v) is 7.40. The molecule has 0 saturated carbocycles. The molecule has 0 radical (unpaired) electrons. The minimum absolute atomic E-state index is 0. The highest BCUT2D eigenvalue weighted by molar-refractivity contribution is 6.05. The molecule has 2 aromatic heterocycles. The molecule has 0 bridgehead atoms. The lowest BCUT2D eigenvalue weighted by atomic mass is 9.95. The largest absolute Gasteiger partial charge is 0.339 e. The third-order valence-electron chi connectivity index (χ3n) is 5.70. The van der Waals surface area contributed by atoms with Gasteiger partial charge in [0.25, 0.3) is 5.91 Å². The maximum atomic E-state index is 14.0. The number of piperidine rings is 1. The molecule has 1 amide bonds. The lowest BCUT2D eigenvalue weighted by molar-refractivity contribution is 0.0711. The highest BCUT2D eigenvalue weighted by atomic mass is 35.5. The van der Waals surface area contributed by atoms with Crippen molar-refractivity contribution in [1.29, 1.82) is 0 Å². The maximum absolute atomic E-state index is 14.0. The van der Waals surface area contributed by atoms with Gasteiger partial charge in [-0.1, -0.05) is 6.07 Å². The SMILES string of the molecule is Cl.O=C(c1cc(F)cc2cccnc12)N1CCC(c2nnc3n2CCNC3)CC1. The second-order valence-electron chi connectivity index (χ2n) is 7.40. The van der Waals surface area contributed by atoms with Crippen LogP contribution in [-0.4, -0.2) is 50.2 Å². The van der Waals surface area contributed by atoms with Gasteiger partial charge in [-0.2, -0.15) is 0 Å². The number of carbonyl (C=O) groups is 1. The number of fused-ring (bicyclic) bond motifs is 2. The summed E-state index contributed by atoms with van der Waals surface area (Å²) in [6, 6.07) is 6.23. The Kier molecular flexibility index (Phi) is 5.47. The summed E-state index contributed by atoms with van der Waals surface area (Å²) in [5, 5.41) is 12.7. The molecule has 0 spiro atoms. The van der Waals surface area contributed by atoms with Gasteiger partial charge < -0.3 is 14.8 Å². The first-order valence-corrected chi connectivity index (χ1v) is 9.67. The molecule has 9 heteroatoms. The molecule has 0 aliphatic carbocycles. The van der Waals surface area contributed by atoms with Crippen LogP contribution in [0, 0.1) is 5.82 Å². The van der Waals surface area contributed by atoms with Gasteiger partial charge in [0.05, 0.1) is 17.6 Å². The third-order valence-corrected chi connectivity index (χ3v) is 5.70. The number of hydrogen-bond acceptors (Lipinski definition) is 5. The standard InChI is InChI=1S/C20H21FN6O.ClH/c21-15-10-14-2-1-5-23-18(14)16(11-15)20(28)26-7-3-13(4-8-26)19-25-24-17-12-22-6-9-27(17)19;/h1-2,5,10-11,13,22H,3-4,6-9,12H2;1H. The Hall–Kier alpha value is -2.58. The van der Waals surface area contributed by atoms with Crippen LogP contribution in [0.25, 0.3) is 10.9 Å². The predicted octanol–water partition coefficient (Wildman–Crippen LogP) is 2.51. The fourth-order valence-electron chi connectivity index (χ4n) is 4.25. The van der Waals surface area contributed by atoms with E-state index in [4.69, 9.17) is 0 Å². The maximum Gasteiger partial charge on any atom is 0.256 e. The third kappa shape index (κ3) is 3.58. The van der Waals surface area contributed by atoms with Gasteiger partial charge in [-0.25, -0.2) is 4.39 Å². The van der Waals surface area contributed by atoms with Crippen molar-refractivity contribution < 1.29 is 9.18 Å². The van der Waals surface area contributed by atoms with Crippen LogP contribution in [0.3, 0.4) is 0 Å². The highest BCUT2D eigenvalue weighted by Gasteiger charge is 2.30. The molecule has 1 aromatic carbocycles. The summed E-state index contributed by atoms with van der Waals surface area (Å²) >= 11 is 0. The van der Waals surface area contributed by atoms with Gasteiger partial charge >= 0.3 is 0 Å². The molecule has 5 rings (SSSR count). The number of likely N-dealkylation sites (tertiary alicyclic amines) is 1. The van der Waals surface area contributed by atoms with Crippen LogP contribution in [0.4, 0.5) is 4.39 Å². The first-order chi connectivity index (χ1) is 13.7. The molecule has 4 heterocycles. The number of pyridine rings is 1. The Balaban J connectivity index is 0.00000205.